The lowest BCUT2D eigenvalue weighted by atomic mass is 10.1. The molecular weight excluding hydrogens is 216 g/mol. The number of Topliss-reactive ketones (excluding diaryl/α,β-unsaturated/α-hetero) is 2. The van der Waals surface area contributed by atoms with Gasteiger partial charge in [-0.3, -0.25) is 9.59 Å². The Morgan fingerprint density at radius 1 is 1.20 bits per heavy atom. The minimum atomic E-state index is -1.02. The number of unbranched alkanes of at least 4 members (excludes halogenated alkanes) is 1. The first kappa shape index (κ1) is 14.2. The normalized spacial score (nSPS) is 12.1. The van der Waals surface area contributed by atoms with Crippen molar-refractivity contribution >= 4 is 30.2 Å². The molecule has 86 valence electrons. The van der Waals surface area contributed by atoms with Crippen molar-refractivity contribution in [2.45, 2.75) is 44.3 Å². The number of aliphatic carboxylic acids is 1. The number of carbonyl (C=O) groups is 3. The highest BCUT2D eigenvalue weighted by molar-refractivity contribution is 7.81. The molecule has 0 radical (unpaired) electrons. The molecule has 5 heteroatoms. The van der Waals surface area contributed by atoms with Gasteiger partial charge in [0.1, 0.15) is 11.6 Å². The van der Waals surface area contributed by atoms with Crippen LogP contribution in [0.2, 0.25) is 0 Å². The molecule has 0 aliphatic carbocycles. The van der Waals surface area contributed by atoms with Crippen molar-refractivity contribution in [2.75, 3.05) is 0 Å². The van der Waals surface area contributed by atoms with E-state index in [-0.39, 0.29) is 18.0 Å². The molecule has 0 saturated carbocycles. The maximum atomic E-state index is 11.3. The summed E-state index contributed by atoms with van der Waals surface area (Å²) in [5.74, 6) is -1.08. The summed E-state index contributed by atoms with van der Waals surface area (Å²) >= 11 is 3.91. The van der Waals surface area contributed by atoms with Gasteiger partial charge in [-0.1, -0.05) is 0 Å². The number of rotatable bonds is 8. The van der Waals surface area contributed by atoms with E-state index in [4.69, 9.17) is 5.11 Å². The number of hydrogen-bond donors (Lipinski definition) is 2. The van der Waals surface area contributed by atoms with Gasteiger partial charge in [0.05, 0.1) is 11.7 Å². The molecule has 0 aromatic heterocycles. The van der Waals surface area contributed by atoms with Crippen molar-refractivity contribution < 1.29 is 19.5 Å². The fourth-order valence-electron chi connectivity index (χ4n) is 1.12. The zero-order valence-electron chi connectivity index (χ0n) is 8.73. The maximum Gasteiger partial charge on any atom is 0.304 e. The molecule has 0 bridgehead atoms. The van der Waals surface area contributed by atoms with Crippen LogP contribution in [0.3, 0.4) is 0 Å². The Morgan fingerprint density at radius 2 is 1.73 bits per heavy atom. The fourth-order valence-corrected chi connectivity index (χ4v) is 1.40. The molecule has 0 aliphatic heterocycles. The van der Waals surface area contributed by atoms with Gasteiger partial charge in [0, 0.05) is 12.8 Å². The fraction of sp³-hybridized carbons (Fsp3) is 0.700. The van der Waals surface area contributed by atoms with Crippen LogP contribution in [0, 0.1) is 0 Å². The number of thiol groups is 1. The second kappa shape index (κ2) is 7.45. The van der Waals surface area contributed by atoms with E-state index in [0.717, 1.165) is 0 Å². The highest BCUT2D eigenvalue weighted by atomic mass is 32.1. The van der Waals surface area contributed by atoms with Crippen LogP contribution < -0.4 is 0 Å². The summed E-state index contributed by atoms with van der Waals surface area (Å²) in [6.45, 7) is 1.51. The van der Waals surface area contributed by atoms with Crippen molar-refractivity contribution in [3.63, 3.8) is 0 Å². The monoisotopic (exact) mass is 232 g/mol. The molecule has 0 aromatic rings. The van der Waals surface area contributed by atoms with E-state index in [1.807, 2.05) is 0 Å². The van der Waals surface area contributed by atoms with Crippen LogP contribution in [0.1, 0.15) is 39.0 Å². The molecular formula is C10H16O4S. The number of ketones is 2. The topological polar surface area (TPSA) is 71.4 Å². The van der Waals surface area contributed by atoms with E-state index in [1.165, 1.54) is 6.92 Å². The van der Waals surface area contributed by atoms with E-state index in [1.54, 1.807) is 0 Å². The zero-order valence-corrected chi connectivity index (χ0v) is 9.63. The maximum absolute atomic E-state index is 11.3. The average Bonchev–Trinajstić information content (AvgIpc) is 2.10. The molecule has 0 aliphatic rings. The molecule has 0 rings (SSSR count). The highest BCUT2D eigenvalue weighted by Crippen LogP contribution is 2.09. The highest BCUT2D eigenvalue weighted by Gasteiger charge is 2.16. The lowest BCUT2D eigenvalue weighted by Crippen LogP contribution is -2.18. The van der Waals surface area contributed by atoms with Gasteiger partial charge in [0.15, 0.2) is 0 Å². The number of carbonyl (C=O) groups excluding carboxylic acids is 2. The van der Waals surface area contributed by atoms with Crippen LogP contribution in [-0.2, 0) is 14.4 Å². The third kappa shape index (κ3) is 8.17. The molecule has 1 atom stereocenters. The molecule has 0 amide bonds. The van der Waals surface area contributed by atoms with Crippen molar-refractivity contribution in [2.24, 2.45) is 0 Å². The Labute approximate surface area is 94.5 Å². The van der Waals surface area contributed by atoms with Crippen molar-refractivity contribution in [3.05, 3.63) is 0 Å². The standard InChI is InChI=1S/C10H16O4S/c1-7(11)4-2-3-5-8(12)9(15)6-10(13)14/h9,15H,2-6H2,1H3,(H,13,14). The first-order chi connectivity index (χ1) is 6.93. The van der Waals surface area contributed by atoms with Gasteiger partial charge in [-0.15, -0.1) is 0 Å². The smallest absolute Gasteiger partial charge is 0.304 e. The van der Waals surface area contributed by atoms with Gasteiger partial charge in [-0.2, -0.15) is 12.6 Å². The Hall–Kier alpha value is -0.840. The molecule has 0 spiro atoms. The van der Waals surface area contributed by atoms with E-state index in [2.05, 4.69) is 12.6 Å². The molecule has 1 unspecified atom stereocenters. The third-order valence-electron chi connectivity index (χ3n) is 1.94. The summed E-state index contributed by atoms with van der Waals surface area (Å²) in [5.41, 5.74) is 0. The molecule has 4 nitrogen and oxygen atoms in total. The Bertz CT molecular complexity index is 250. The predicted molar refractivity (Wildman–Crippen MR) is 59.2 cm³/mol. The molecule has 0 aromatic carbocycles. The summed E-state index contributed by atoms with van der Waals surface area (Å²) in [4.78, 5) is 32.2. The molecule has 0 fully saturated rings. The van der Waals surface area contributed by atoms with Crippen LogP contribution in [0.25, 0.3) is 0 Å². The quantitative estimate of drug-likeness (QED) is 0.491. The van der Waals surface area contributed by atoms with Crippen molar-refractivity contribution in [1.82, 2.24) is 0 Å². The van der Waals surface area contributed by atoms with E-state index in [9.17, 15) is 14.4 Å². The summed E-state index contributed by atoms with van der Waals surface area (Å²) < 4.78 is 0. The van der Waals surface area contributed by atoms with Crippen LogP contribution in [0.5, 0.6) is 0 Å². The summed E-state index contributed by atoms with van der Waals surface area (Å²) in [5, 5.41) is 7.71. The van der Waals surface area contributed by atoms with Gasteiger partial charge >= 0.3 is 5.97 Å². The average molecular weight is 232 g/mol. The first-order valence-corrected chi connectivity index (χ1v) is 5.37. The van der Waals surface area contributed by atoms with Crippen LogP contribution >= 0.6 is 12.6 Å². The number of hydrogen-bond acceptors (Lipinski definition) is 4. The summed E-state index contributed by atoms with van der Waals surface area (Å²) in [7, 11) is 0. The third-order valence-corrected chi connectivity index (χ3v) is 2.41. The predicted octanol–water partition coefficient (Wildman–Crippen LogP) is 1.48. The summed E-state index contributed by atoms with van der Waals surface area (Å²) in [6, 6.07) is 0. The van der Waals surface area contributed by atoms with E-state index in [0.29, 0.717) is 25.7 Å². The summed E-state index contributed by atoms with van der Waals surface area (Å²) in [6.07, 6.45) is 1.83. The minimum Gasteiger partial charge on any atom is -0.481 e. The van der Waals surface area contributed by atoms with Crippen molar-refractivity contribution in [3.8, 4) is 0 Å². The van der Waals surface area contributed by atoms with Crippen LogP contribution in [-0.4, -0.2) is 27.9 Å². The Kier molecular flexibility index (Phi) is 7.03. The largest absolute Gasteiger partial charge is 0.481 e. The zero-order chi connectivity index (χ0) is 11.8. The second-order valence-corrected chi connectivity index (χ2v) is 4.11. The molecule has 1 N–H and O–H groups in total. The SMILES string of the molecule is CC(=O)CCCCC(=O)C(S)CC(=O)O. The number of carboxylic acids is 1. The van der Waals surface area contributed by atoms with E-state index >= 15 is 0 Å². The first-order valence-electron chi connectivity index (χ1n) is 4.85. The lowest BCUT2D eigenvalue weighted by molar-refractivity contribution is -0.138. The lowest BCUT2D eigenvalue weighted by Gasteiger charge is -2.05. The van der Waals surface area contributed by atoms with Crippen molar-refractivity contribution in [1.29, 1.82) is 0 Å². The number of carboxylic acid groups (broad SMARTS) is 1. The Balaban J connectivity index is 3.64. The van der Waals surface area contributed by atoms with Crippen LogP contribution in [0.15, 0.2) is 0 Å². The van der Waals surface area contributed by atoms with Gasteiger partial charge in [-0.25, -0.2) is 0 Å². The second-order valence-electron chi connectivity index (χ2n) is 3.49. The van der Waals surface area contributed by atoms with Gasteiger partial charge in [-0.05, 0) is 19.8 Å². The van der Waals surface area contributed by atoms with Gasteiger partial charge in [0.2, 0.25) is 0 Å². The van der Waals surface area contributed by atoms with Gasteiger partial charge < -0.3 is 9.90 Å². The Morgan fingerprint density at radius 3 is 2.20 bits per heavy atom. The molecule has 0 heterocycles. The van der Waals surface area contributed by atoms with Crippen LogP contribution in [0.4, 0.5) is 0 Å². The van der Waals surface area contributed by atoms with E-state index < -0.39 is 11.2 Å². The molecule has 0 saturated heterocycles. The minimum absolute atomic E-state index is 0.107. The van der Waals surface area contributed by atoms with Gasteiger partial charge in [0.25, 0.3) is 0 Å². The molecule has 15 heavy (non-hydrogen) atoms.